The molecule has 1 aliphatic carbocycles. The first kappa shape index (κ1) is 32.0. The molecule has 0 amide bonds. The van der Waals surface area contributed by atoms with Crippen molar-refractivity contribution < 1.29 is 9.52 Å². The van der Waals surface area contributed by atoms with E-state index in [1.165, 1.54) is 22.1 Å². The first-order chi connectivity index (χ1) is 24.0. The Hall–Kier alpha value is -5.22. The molecule has 4 heteroatoms. The van der Waals surface area contributed by atoms with Gasteiger partial charge in [-0.15, -0.1) is 0 Å². The summed E-state index contributed by atoms with van der Waals surface area (Å²) in [4.78, 5) is 9.91. The molecule has 250 valence electrons. The van der Waals surface area contributed by atoms with Gasteiger partial charge in [0.05, 0.1) is 11.1 Å². The largest absolute Gasteiger partial charge is 0.507 e. The summed E-state index contributed by atoms with van der Waals surface area (Å²) in [5.74, 6) is 0.554. The summed E-state index contributed by atoms with van der Waals surface area (Å²) in [5.41, 5.74) is 11.7. The molecule has 0 aliphatic heterocycles. The van der Waals surface area contributed by atoms with E-state index in [0.717, 1.165) is 59.0 Å². The van der Waals surface area contributed by atoms with Crippen LogP contribution in [0.4, 0.5) is 0 Å². The van der Waals surface area contributed by atoms with E-state index in [1.54, 1.807) is 12.1 Å². The second kappa shape index (κ2) is 12.0. The van der Waals surface area contributed by atoms with E-state index in [1.807, 2.05) is 30.5 Å². The van der Waals surface area contributed by atoms with Crippen molar-refractivity contribution in [2.45, 2.75) is 76.5 Å². The zero-order valence-electron chi connectivity index (χ0n) is 29.6. The standard InChI is InChI=1S/C46H44N2O2/c1-44(2,3)34-27-31(36-17-11-19-40-42(36)48-43(50-40)37-16-9-10-18-39(37)49)25-32(28-34)38-29-35(26-30-13-12-24-47-41(30)38)46(5)22-20-45(4,21-23-46)33-14-7-6-8-15-33/h6-19,24-29,49H,20-23H2,1-5H3. The highest BCUT2D eigenvalue weighted by Crippen LogP contribution is 2.49. The molecule has 5 aromatic carbocycles. The predicted molar refractivity (Wildman–Crippen MR) is 206 cm³/mol. The summed E-state index contributed by atoms with van der Waals surface area (Å²) in [6, 6.07) is 40.3. The van der Waals surface area contributed by atoms with Gasteiger partial charge in [-0.1, -0.05) is 107 Å². The molecule has 0 atom stereocenters. The number of rotatable bonds is 5. The van der Waals surface area contributed by atoms with Gasteiger partial charge in [0.25, 0.3) is 0 Å². The van der Waals surface area contributed by atoms with Crippen molar-refractivity contribution in [1.29, 1.82) is 0 Å². The van der Waals surface area contributed by atoms with E-state index >= 15 is 0 Å². The molecular weight excluding hydrogens is 613 g/mol. The van der Waals surface area contributed by atoms with E-state index in [0.29, 0.717) is 17.0 Å². The predicted octanol–water partition coefficient (Wildman–Crippen LogP) is 12.2. The van der Waals surface area contributed by atoms with Crippen molar-refractivity contribution in [2.75, 3.05) is 0 Å². The summed E-state index contributed by atoms with van der Waals surface area (Å²) in [6.07, 6.45) is 6.48. The SMILES string of the molecule is CC(C)(C)c1cc(-c2cc(C3(C)CCC(C)(c4ccccc4)CC3)cc3cccnc23)cc(-c2cccc3oc(-c4ccccc4O)nc23)c1. The van der Waals surface area contributed by atoms with Crippen molar-refractivity contribution >= 4 is 22.0 Å². The zero-order valence-corrected chi connectivity index (χ0v) is 29.6. The molecule has 0 radical (unpaired) electrons. The Morgan fingerprint density at radius 1 is 0.620 bits per heavy atom. The van der Waals surface area contributed by atoms with Crippen LogP contribution in [-0.2, 0) is 16.2 Å². The monoisotopic (exact) mass is 656 g/mol. The number of fused-ring (bicyclic) bond motifs is 2. The molecule has 8 rings (SSSR count). The molecule has 0 saturated heterocycles. The van der Waals surface area contributed by atoms with Gasteiger partial charge in [0.2, 0.25) is 5.89 Å². The van der Waals surface area contributed by atoms with Gasteiger partial charge in [-0.2, -0.15) is 0 Å². The van der Waals surface area contributed by atoms with Crippen molar-refractivity contribution in [3.8, 4) is 39.5 Å². The van der Waals surface area contributed by atoms with Crippen LogP contribution >= 0.6 is 0 Å². The fraction of sp³-hybridized carbons (Fsp3) is 0.261. The third kappa shape index (κ3) is 5.67. The average Bonchev–Trinajstić information content (AvgIpc) is 3.57. The van der Waals surface area contributed by atoms with Crippen LogP contribution in [-0.4, -0.2) is 15.1 Å². The normalized spacial score (nSPS) is 19.6. The van der Waals surface area contributed by atoms with E-state index in [-0.39, 0.29) is 22.0 Å². The van der Waals surface area contributed by atoms with Crippen LogP contribution in [0.25, 0.3) is 55.7 Å². The molecule has 1 N–H and O–H groups in total. The van der Waals surface area contributed by atoms with Gasteiger partial charge in [0.1, 0.15) is 11.3 Å². The minimum absolute atomic E-state index is 0.0588. The summed E-state index contributed by atoms with van der Waals surface area (Å²) in [7, 11) is 0. The lowest BCUT2D eigenvalue weighted by Crippen LogP contribution is -2.36. The quantitative estimate of drug-likeness (QED) is 0.200. The topological polar surface area (TPSA) is 59.2 Å². The Morgan fingerprint density at radius 2 is 1.28 bits per heavy atom. The number of nitrogens with zero attached hydrogens (tertiary/aromatic N) is 2. The average molecular weight is 657 g/mol. The smallest absolute Gasteiger partial charge is 0.231 e. The maximum Gasteiger partial charge on any atom is 0.231 e. The maximum atomic E-state index is 10.6. The molecule has 0 bridgehead atoms. The summed E-state index contributed by atoms with van der Waals surface area (Å²) in [5, 5.41) is 11.7. The number of oxazole rings is 1. The van der Waals surface area contributed by atoms with Gasteiger partial charge in [-0.05, 0) is 112 Å². The van der Waals surface area contributed by atoms with Gasteiger partial charge in [-0.3, -0.25) is 4.98 Å². The Bertz CT molecular complexity index is 2350. The lowest BCUT2D eigenvalue weighted by molar-refractivity contribution is 0.224. The van der Waals surface area contributed by atoms with E-state index in [4.69, 9.17) is 14.4 Å². The first-order valence-electron chi connectivity index (χ1n) is 17.8. The van der Waals surface area contributed by atoms with Gasteiger partial charge >= 0.3 is 0 Å². The van der Waals surface area contributed by atoms with Crippen LogP contribution in [0, 0.1) is 0 Å². The number of phenolic OH excluding ortho intramolecular Hbond substituents is 1. The number of aromatic nitrogens is 2. The number of phenols is 1. The molecule has 1 fully saturated rings. The van der Waals surface area contributed by atoms with Gasteiger partial charge in [-0.25, -0.2) is 4.98 Å². The Balaban J connectivity index is 1.26. The summed E-state index contributed by atoms with van der Waals surface area (Å²) < 4.78 is 6.22. The molecule has 7 aromatic rings. The summed E-state index contributed by atoms with van der Waals surface area (Å²) in [6.45, 7) is 11.7. The van der Waals surface area contributed by atoms with Gasteiger partial charge in [0, 0.05) is 22.7 Å². The first-order valence-corrected chi connectivity index (χ1v) is 17.8. The van der Waals surface area contributed by atoms with Gasteiger partial charge in [0.15, 0.2) is 5.58 Å². The second-order valence-corrected chi connectivity index (χ2v) is 15.8. The van der Waals surface area contributed by atoms with E-state index < -0.39 is 0 Å². The van der Waals surface area contributed by atoms with Crippen LogP contribution in [0.15, 0.2) is 126 Å². The van der Waals surface area contributed by atoms with Crippen LogP contribution in [0.3, 0.4) is 0 Å². The zero-order chi connectivity index (χ0) is 34.7. The number of para-hydroxylation sites is 2. The fourth-order valence-electron chi connectivity index (χ4n) is 7.86. The molecule has 4 nitrogen and oxygen atoms in total. The fourth-order valence-corrected chi connectivity index (χ4v) is 7.86. The minimum Gasteiger partial charge on any atom is -0.507 e. The number of hydrogen-bond acceptors (Lipinski definition) is 4. The molecule has 1 aliphatic rings. The molecule has 50 heavy (non-hydrogen) atoms. The van der Waals surface area contributed by atoms with Crippen molar-refractivity contribution in [1.82, 2.24) is 9.97 Å². The van der Waals surface area contributed by atoms with Crippen molar-refractivity contribution in [3.63, 3.8) is 0 Å². The lowest BCUT2D eigenvalue weighted by Gasteiger charge is -2.44. The maximum absolute atomic E-state index is 10.6. The van der Waals surface area contributed by atoms with Crippen LogP contribution in [0.2, 0.25) is 0 Å². The Kier molecular flexibility index (Phi) is 7.67. The highest BCUT2D eigenvalue weighted by molar-refractivity contribution is 5.98. The third-order valence-electron chi connectivity index (χ3n) is 11.3. The van der Waals surface area contributed by atoms with Crippen LogP contribution < -0.4 is 0 Å². The number of hydrogen-bond donors (Lipinski definition) is 1. The Morgan fingerprint density at radius 3 is 2.00 bits per heavy atom. The molecule has 2 heterocycles. The highest BCUT2D eigenvalue weighted by Gasteiger charge is 2.39. The van der Waals surface area contributed by atoms with Crippen molar-refractivity contribution in [3.05, 3.63) is 138 Å². The third-order valence-corrected chi connectivity index (χ3v) is 11.3. The van der Waals surface area contributed by atoms with Gasteiger partial charge < -0.3 is 9.52 Å². The number of pyridine rings is 1. The Labute approximate surface area is 294 Å². The molecule has 0 spiro atoms. The molecule has 2 aromatic heterocycles. The van der Waals surface area contributed by atoms with Crippen LogP contribution in [0.1, 0.15) is 77.0 Å². The number of benzene rings is 5. The van der Waals surface area contributed by atoms with Crippen molar-refractivity contribution in [2.24, 2.45) is 0 Å². The second-order valence-electron chi connectivity index (χ2n) is 15.8. The number of aromatic hydroxyl groups is 1. The van der Waals surface area contributed by atoms with Crippen LogP contribution in [0.5, 0.6) is 5.75 Å². The minimum atomic E-state index is -0.0957. The van der Waals surface area contributed by atoms with E-state index in [2.05, 4.69) is 113 Å². The molecule has 1 saturated carbocycles. The summed E-state index contributed by atoms with van der Waals surface area (Å²) >= 11 is 0. The molecule has 0 unspecified atom stereocenters. The highest BCUT2D eigenvalue weighted by atomic mass is 16.3. The lowest BCUT2D eigenvalue weighted by atomic mass is 9.60. The van der Waals surface area contributed by atoms with E-state index in [9.17, 15) is 5.11 Å². The molecular formula is C46H44N2O2.